The fourth-order valence-corrected chi connectivity index (χ4v) is 1.70. The molecule has 0 saturated heterocycles. The zero-order valence-electron chi connectivity index (χ0n) is 9.07. The number of nitrogens with zero attached hydrogens (tertiary/aromatic N) is 3. The van der Waals surface area contributed by atoms with E-state index in [2.05, 4.69) is 36.9 Å². The Morgan fingerprint density at radius 3 is 2.64 bits per heavy atom. The third kappa shape index (κ3) is 1.29. The van der Waals surface area contributed by atoms with Crippen molar-refractivity contribution in [1.82, 2.24) is 14.8 Å². The first kappa shape index (κ1) is 9.19. The van der Waals surface area contributed by atoms with Crippen LogP contribution in [0.4, 0.5) is 0 Å². The minimum atomic E-state index is 0.143. The lowest BCUT2D eigenvalue weighted by atomic mass is 9.86. The molecule has 0 aliphatic carbocycles. The second-order valence-electron chi connectivity index (χ2n) is 4.61. The van der Waals surface area contributed by atoms with E-state index in [1.165, 1.54) is 5.56 Å². The van der Waals surface area contributed by atoms with Crippen LogP contribution in [-0.4, -0.2) is 14.8 Å². The van der Waals surface area contributed by atoms with Gasteiger partial charge in [0.2, 0.25) is 0 Å². The maximum absolute atomic E-state index is 4.32. The molecule has 0 bridgehead atoms. The van der Waals surface area contributed by atoms with Gasteiger partial charge in [-0.25, -0.2) is 4.98 Å². The van der Waals surface area contributed by atoms with Crippen LogP contribution in [0.15, 0.2) is 18.5 Å². The molecular weight excluding hydrogens is 174 g/mol. The van der Waals surface area contributed by atoms with E-state index in [1.807, 2.05) is 24.1 Å². The second kappa shape index (κ2) is 2.80. The quantitative estimate of drug-likeness (QED) is 0.636. The number of fused-ring (bicyclic) bond motifs is 1. The summed E-state index contributed by atoms with van der Waals surface area (Å²) >= 11 is 0. The van der Waals surface area contributed by atoms with Crippen molar-refractivity contribution in [2.45, 2.75) is 26.2 Å². The van der Waals surface area contributed by atoms with Crippen molar-refractivity contribution < 1.29 is 0 Å². The highest BCUT2D eigenvalue weighted by Gasteiger charge is 2.18. The van der Waals surface area contributed by atoms with Crippen LogP contribution in [0.25, 0.3) is 11.0 Å². The number of rotatable bonds is 0. The monoisotopic (exact) mass is 189 g/mol. The molecule has 0 amide bonds. The Bertz CT molecular complexity index is 463. The van der Waals surface area contributed by atoms with Crippen LogP contribution < -0.4 is 0 Å². The maximum Gasteiger partial charge on any atom is 0.157 e. The van der Waals surface area contributed by atoms with Gasteiger partial charge in [-0.2, -0.15) is 5.10 Å². The van der Waals surface area contributed by atoms with E-state index >= 15 is 0 Å². The summed E-state index contributed by atoms with van der Waals surface area (Å²) < 4.78 is 1.81. The summed E-state index contributed by atoms with van der Waals surface area (Å²) in [5, 5.41) is 5.38. The summed E-state index contributed by atoms with van der Waals surface area (Å²) in [7, 11) is 1.92. The SMILES string of the molecule is Cn1ncc2c(C(C)(C)C)ccnc21. The summed E-state index contributed by atoms with van der Waals surface area (Å²) in [5.74, 6) is 0. The van der Waals surface area contributed by atoms with Crippen LogP contribution in [-0.2, 0) is 12.5 Å². The highest BCUT2D eigenvalue weighted by atomic mass is 15.3. The van der Waals surface area contributed by atoms with E-state index in [4.69, 9.17) is 0 Å². The van der Waals surface area contributed by atoms with Crippen molar-refractivity contribution in [1.29, 1.82) is 0 Å². The Kier molecular flexibility index (Phi) is 1.84. The molecule has 0 N–H and O–H groups in total. The van der Waals surface area contributed by atoms with Gasteiger partial charge in [0.05, 0.1) is 6.20 Å². The Morgan fingerprint density at radius 1 is 1.29 bits per heavy atom. The van der Waals surface area contributed by atoms with Crippen LogP contribution in [0.1, 0.15) is 26.3 Å². The van der Waals surface area contributed by atoms with E-state index < -0.39 is 0 Å². The lowest BCUT2D eigenvalue weighted by Crippen LogP contribution is -2.11. The zero-order chi connectivity index (χ0) is 10.3. The van der Waals surface area contributed by atoms with Crippen LogP contribution in [0.5, 0.6) is 0 Å². The van der Waals surface area contributed by atoms with E-state index in [0.29, 0.717) is 0 Å². The first-order valence-corrected chi connectivity index (χ1v) is 4.77. The normalized spacial score (nSPS) is 12.3. The molecule has 0 aliphatic heterocycles. The Hall–Kier alpha value is -1.38. The molecule has 0 atom stereocenters. The smallest absolute Gasteiger partial charge is 0.157 e. The van der Waals surface area contributed by atoms with Gasteiger partial charge < -0.3 is 0 Å². The molecule has 14 heavy (non-hydrogen) atoms. The molecule has 0 unspecified atom stereocenters. The molecule has 2 heterocycles. The van der Waals surface area contributed by atoms with Gasteiger partial charge in [0, 0.05) is 18.6 Å². The van der Waals surface area contributed by atoms with E-state index in [1.54, 1.807) is 0 Å². The fraction of sp³-hybridized carbons (Fsp3) is 0.455. The van der Waals surface area contributed by atoms with Crippen LogP contribution >= 0.6 is 0 Å². The van der Waals surface area contributed by atoms with Gasteiger partial charge in [-0.05, 0) is 17.0 Å². The molecule has 2 aromatic heterocycles. The molecular formula is C11H15N3. The van der Waals surface area contributed by atoms with Gasteiger partial charge in [0.1, 0.15) is 0 Å². The molecule has 2 rings (SSSR count). The fourth-order valence-electron chi connectivity index (χ4n) is 1.70. The summed E-state index contributed by atoms with van der Waals surface area (Å²) in [4.78, 5) is 4.32. The van der Waals surface area contributed by atoms with Gasteiger partial charge in [0.25, 0.3) is 0 Å². The number of aryl methyl sites for hydroxylation is 1. The van der Waals surface area contributed by atoms with Crippen LogP contribution in [0.3, 0.4) is 0 Å². The third-order valence-corrected chi connectivity index (χ3v) is 2.44. The number of hydrogen-bond donors (Lipinski definition) is 0. The number of aromatic nitrogens is 3. The molecule has 2 aromatic rings. The van der Waals surface area contributed by atoms with Gasteiger partial charge in [-0.3, -0.25) is 4.68 Å². The molecule has 0 spiro atoms. The van der Waals surface area contributed by atoms with Crippen molar-refractivity contribution in [2.24, 2.45) is 7.05 Å². The molecule has 0 radical (unpaired) electrons. The number of pyridine rings is 1. The van der Waals surface area contributed by atoms with E-state index in [-0.39, 0.29) is 5.41 Å². The molecule has 74 valence electrons. The van der Waals surface area contributed by atoms with Crippen molar-refractivity contribution in [2.75, 3.05) is 0 Å². The molecule has 0 aromatic carbocycles. The number of hydrogen-bond acceptors (Lipinski definition) is 2. The Labute approximate surface area is 83.8 Å². The van der Waals surface area contributed by atoms with Crippen LogP contribution in [0, 0.1) is 0 Å². The topological polar surface area (TPSA) is 30.7 Å². The zero-order valence-corrected chi connectivity index (χ0v) is 9.07. The largest absolute Gasteiger partial charge is 0.250 e. The Morgan fingerprint density at radius 2 is 2.00 bits per heavy atom. The van der Waals surface area contributed by atoms with Crippen LogP contribution in [0.2, 0.25) is 0 Å². The lowest BCUT2D eigenvalue weighted by Gasteiger charge is -2.19. The summed E-state index contributed by atoms with van der Waals surface area (Å²) in [5.41, 5.74) is 2.40. The van der Waals surface area contributed by atoms with E-state index in [0.717, 1.165) is 11.0 Å². The standard InChI is InChI=1S/C11H15N3/c1-11(2,3)9-5-6-12-10-8(9)7-13-14(10)4/h5-7H,1-4H3. The van der Waals surface area contributed by atoms with Crippen molar-refractivity contribution in [3.8, 4) is 0 Å². The van der Waals surface area contributed by atoms with Gasteiger partial charge >= 0.3 is 0 Å². The maximum atomic E-state index is 4.32. The molecule has 0 fully saturated rings. The predicted molar refractivity (Wildman–Crippen MR) is 57.2 cm³/mol. The summed E-state index contributed by atoms with van der Waals surface area (Å²) in [6.45, 7) is 6.61. The van der Waals surface area contributed by atoms with Crippen molar-refractivity contribution in [3.05, 3.63) is 24.0 Å². The molecule has 0 saturated carbocycles. The summed E-state index contributed by atoms with van der Waals surface area (Å²) in [6, 6.07) is 2.07. The second-order valence-corrected chi connectivity index (χ2v) is 4.61. The minimum absolute atomic E-state index is 0.143. The highest BCUT2D eigenvalue weighted by molar-refractivity contribution is 5.79. The van der Waals surface area contributed by atoms with Crippen molar-refractivity contribution in [3.63, 3.8) is 0 Å². The third-order valence-electron chi connectivity index (χ3n) is 2.44. The first-order valence-electron chi connectivity index (χ1n) is 4.77. The first-order chi connectivity index (χ1) is 6.50. The highest BCUT2D eigenvalue weighted by Crippen LogP contribution is 2.28. The van der Waals surface area contributed by atoms with Gasteiger partial charge in [-0.1, -0.05) is 20.8 Å². The molecule has 3 heteroatoms. The molecule has 0 aliphatic rings. The van der Waals surface area contributed by atoms with Gasteiger partial charge in [-0.15, -0.1) is 0 Å². The minimum Gasteiger partial charge on any atom is -0.250 e. The predicted octanol–water partition coefficient (Wildman–Crippen LogP) is 2.27. The average Bonchev–Trinajstić information content (AvgIpc) is 2.46. The van der Waals surface area contributed by atoms with E-state index in [9.17, 15) is 0 Å². The average molecular weight is 189 g/mol. The molecule has 3 nitrogen and oxygen atoms in total. The van der Waals surface area contributed by atoms with Gasteiger partial charge in [0.15, 0.2) is 5.65 Å². The van der Waals surface area contributed by atoms with Crippen molar-refractivity contribution >= 4 is 11.0 Å². The Balaban J connectivity index is 2.79. The summed E-state index contributed by atoms with van der Waals surface area (Å²) in [6.07, 6.45) is 3.74. The lowest BCUT2D eigenvalue weighted by molar-refractivity contribution is 0.595.